The third-order valence-electron chi connectivity index (χ3n) is 2.21. The lowest BCUT2D eigenvalue weighted by molar-refractivity contribution is -2.00. The van der Waals surface area contributed by atoms with Gasteiger partial charge < -0.3 is 4.74 Å². The summed E-state index contributed by atoms with van der Waals surface area (Å²) in [7, 11) is -2.89. The Labute approximate surface area is 143 Å². The molecule has 1 heterocycles. The first-order chi connectivity index (χ1) is 10.1. The van der Waals surface area contributed by atoms with Gasteiger partial charge >= 0.3 is 9.95 Å². The number of carbonyl (C=O) groups excluding carboxylic acids is 1. The van der Waals surface area contributed by atoms with E-state index in [1.165, 1.54) is 3.98 Å². The van der Waals surface area contributed by atoms with Crippen molar-refractivity contribution in [3.05, 3.63) is 14.7 Å². The van der Waals surface area contributed by atoms with E-state index in [9.17, 15) is 4.79 Å². The van der Waals surface area contributed by atoms with Gasteiger partial charge in [-0.2, -0.15) is 0 Å². The van der Waals surface area contributed by atoms with E-state index >= 15 is 0 Å². The molecular formula is C11H18ClNO6S3. The number of hydrogen-bond acceptors (Lipinski definition) is 9. The Hall–Kier alpha value is -0.200. The molecule has 0 spiro atoms. The number of carbonyl (C=O) groups is 1. The molecule has 0 aliphatic heterocycles. The van der Waals surface area contributed by atoms with Gasteiger partial charge in [-0.1, -0.05) is 22.7 Å². The maximum absolute atomic E-state index is 11.4. The first-order valence-corrected chi connectivity index (χ1v) is 10.3. The van der Waals surface area contributed by atoms with Gasteiger partial charge in [0.15, 0.2) is 0 Å². The van der Waals surface area contributed by atoms with E-state index in [2.05, 4.69) is 22.4 Å². The topological polar surface area (TPSA) is 122 Å². The van der Waals surface area contributed by atoms with Gasteiger partial charge in [-0.25, -0.2) is 23.2 Å². The van der Waals surface area contributed by atoms with Crippen LogP contribution < -0.4 is 27.2 Å². The standard InChI is InChI=1S/C11H18NO2S3.ClHO4/c1-9(15-3)14-10(13)5-4-6-12(2)11-16-7-8-17-11;2-1(3,4)5/h7-9H,4-6H2,1-3H3;(H,2,3,4,5)/q+1;/p-1. The van der Waals surface area contributed by atoms with Crippen LogP contribution in [0, 0.1) is 10.2 Å². The lowest BCUT2D eigenvalue weighted by Gasteiger charge is -2.17. The second kappa shape index (κ2) is 11.4. The van der Waals surface area contributed by atoms with Crippen LogP contribution in [0.3, 0.4) is 0 Å². The lowest BCUT2D eigenvalue weighted by Crippen LogP contribution is -2.68. The predicted octanol–water partition coefficient (Wildman–Crippen LogP) is -2.51. The number of hydrogen-bond donors (Lipinski definition) is 0. The van der Waals surface area contributed by atoms with Crippen LogP contribution in [0.1, 0.15) is 19.8 Å². The second-order valence-corrected chi connectivity index (χ2v) is 7.91. The van der Waals surface area contributed by atoms with Crippen LogP contribution in [0.15, 0.2) is 10.8 Å². The first kappa shape index (κ1) is 21.8. The van der Waals surface area contributed by atoms with Gasteiger partial charge in [0.2, 0.25) is 0 Å². The van der Waals surface area contributed by atoms with E-state index in [-0.39, 0.29) is 11.4 Å². The van der Waals surface area contributed by atoms with Gasteiger partial charge in [0.05, 0.1) is 6.42 Å². The average molecular weight is 392 g/mol. The fourth-order valence-corrected chi connectivity index (χ4v) is 3.20. The van der Waals surface area contributed by atoms with E-state index in [4.69, 9.17) is 23.4 Å². The highest BCUT2D eigenvalue weighted by molar-refractivity contribution is 7.99. The molecule has 0 saturated heterocycles. The number of thioether (sulfide) groups is 1. The normalized spacial score (nSPS) is 12.1. The molecule has 1 atom stereocenters. The van der Waals surface area contributed by atoms with E-state index in [0.29, 0.717) is 6.42 Å². The van der Waals surface area contributed by atoms with Crippen molar-refractivity contribution in [1.82, 2.24) is 4.58 Å². The molecule has 22 heavy (non-hydrogen) atoms. The van der Waals surface area contributed by atoms with Crippen molar-refractivity contribution >= 4 is 40.4 Å². The summed E-state index contributed by atoms with van der Waals surface area (Å²) in [5, 5.41) is 4.15. The largest absolute Gasteiger partial charge is 0.452 e. The maximum atomic E-state index is 11.4. The Morgan fingerprint density at radius 3 is 2.32 bits per heavy atom. The summed E-state index contributed by atoms with van der Waals surface area (Å²) in [6.45, 7) is 2.78. The Balaban J connectivity index is 0.000000763. The zero-order chi connectivity index (χ0) is 17.2. The zero-order valence-corrected chi connectivity index (χ0v) is 15.6. The van der Waals surface area contributed by atoms with Gasteiger partial charge in [-0.3, -0.25) is 4.79 Å². The molecule has 0 bridgehead atoms. The molecule has 0 aromatic carbocycles. The molecule has 0 aliphatic carbocycles. The van der Waals surface area contributed by atoms with E-state index < -0.39 is 10.2 Å². The molecule has 1 rings (SSSR count). The number of halogens is 1. The molecule has 0 saturated carbocycles. The van der Waals surface area contributed by atoms with Gasteiger partial charge in [0.25, 0.3) is 0 Å². The fourth-order valence-electron chi connectivity index (χ4n) is 1.22. The minimum atomic E-state index is -4.94. The van der Waals surface area contributed by atoms with Crippen molar-refractivity contribution in [2.24, 2.45) is 0 Å². The van der Waals surface area contributed by atoms with Crippen molar-refractivity contribution < 1.29 is 38.4 Å². The molecule has 1 aromatic rings. The lowest BCUT2D eigenvalue weighted by atomic mass is 10.3. The smallest absolute Gasteiger partial charge is 0.313 e. The summed E-state index contributed by atoms with van der Waals surface area (Å²) in [6, 6.07) is 0. The summed E-state index contributed by atoms with van der Waals surface area (Å²) >= 11 is 5.00. The van der Waals surface area contributed by atoms with Crippen LogP contribution in [0.5, 0.6) is 0 Å². The van der Waals surface area contributed by atoms with Crippen LogP contribution in [0.4, 0.5) is 0 Å². The predicted molar refractivity (Wildman–Crippen MR) is 76.6 cm³/mol. The van der Waals surface area contributed by atoms with Crippen molar-refractivity contribution in [1.29, 1.82) is 0 Å². The van der Waals surface area contributed by atoms with Crippen LogP contribution in [-0.2, 0) is 9.53 Å². The highest BCUT2D eigenvalue weighted by Crippen LogP contribution is 2.08. The first-order valence-electron chi connectivity index (χ1n) is 6.04. The highest BCUT2D eigenvalue weighted by Gasteiger charge is 2.09. The quantitative estimate of drug-likeness (QED) is 0.298. The van der Waals surface area contributed by atoms with E-state index in [1.807, 2.05) is 13.2 Å². The van der Waals surface area contributed by atoms with E-state index in [0.717, 1.165) is 13.0 Å². The fraction of sp³-hybridized carbons (Fsp3) is 0.636. The molecule has 0 amide bonds. The van der Waals surface area contributed by atoms with Gasteiger partial charge in [0, 0.05) is 17.2 Å². The van der Waals surface area contributed by atoms with Crippen LogP contribution in [0.25, 0.3) is 0 Å². The van der Waals surface area contributed by atoms with E-state index in [1.54, 1.807) is 34.4 Å². The minimum Gasteiger partial charge on any atom is -0.452 e. The average Bonchev–Trinajstić information content (AvgIpc) is 2.90. The molecule has 0 radical (unpaired) electrons. The summed E-state index contributed by atoms with van der Waals surface area (Å²) in [5.41, 5.74) is -0.0419. The van der Waals surface area contributed by atoms with Crippen molar-refractivity contribution in [2.75, 3.05) is 19.8 Å². The summed E-state index contributed by atoms with van der Waals surface area (Å²) in [5.74, 6) is -0.102. The Morgan fingerprint density at radius 2 is 1.86 bits per heavy atom. The minimum absolute atomic E-state index is 0.0419. The van der Waals surface area contributed by atoms with Crippen molar-refractivity contribution in [3.63, 3.8) is 0 Å². The number of rotatable bonds is 6. The Bertz CT molecular complexity index is 476. The van der Waals surface area contributed by atoms with Crippen LogP contribution in [0.2, 0.25) is 0 Å². The summed E-state index contributed by atoms with van der Waals surface area (Å²) in [4.78, 5) is 11.4. The molecule has 0 fully saturated rings. The maximum Gasteiger partial charge on any atom is 0.313 e. The zero-order valence-electron chi connectivity index (χ0n) is 12.4. The highest BCUT2D eigenvalue weighted by atomic mass is 35.7. The Morgan fingerprint density at radius 1 is 1.36 bits per heavy atom. The SMILES string of the molecule is CSC(C)OC(=O)CCC[N+](C)=c1sccs1.[O-][Cl+3]([O-])([O-])[O-]. The number of nitrogens with zero attached hydrogens (tertiary/aromatic N) is 1. The molecule has 1 unspecified atom stereocenters. The summed E-state index contributed by atoms with van der Waals surface area (Å²) < 4.78 is 42.6. The van der Waals surface area contributed by atoms with Crippen molar-refractivity contribution in [2.45, 2.75) is 25.2 Å². The third-order valence-corrected chi connectivity index (χ3v) is 5.29. The molecule has 1 aromatic heterocycles. The molecular weight excluding hydrogens is 374 g/mol. The van der Waals surface area contributed by atoms with Gasteiger partial charge in [0.1, 0.15) is 19.0 Å². The van der Waals surface area contributed by atoms with Gasteiger partial charge in [-0.05, 0) is 13.2 Å². The van der Waals surface area contributed by atoms with Gasteiger partial charge in [-0.15, -0.1) is 22.0 Å². The number of esters is 1. The number of ether oxygens (including phenoxy) is 1. The molecule has 7 nitrogen and oxygen atoms in total. The summed E-state index contributed by atoms with van der Waals surface area (Å²) in [6.07, 6.45) is 3.26. The molecule has 128 valence electrons. The van der Waals surface area contributed by atoms with Crippen LogP contribution in [-0.4, -0.2) is 31.3 Å². The van der Waals surface area contributed by atoms with Crippen molar-refractivity contribution in [3.8, 4) is 0 Å². The monoisotopic (exact) mass is 391 g/mol. The second-order valence-electron chi connectivity index (χ2n) is 3.97. The molecule has 0 aliphatic rings. The Kier molecular flexibility index (Phi) is 11.3. The van der Waals surface area contributed by atoms with Crippen LogP contribution >= 0.6 is 34.4 Å². The third kappa shape index (κ3) is 13.5. The molecule has 11 heteroatoms. The molecule has 0 N–H and O–H groups in total.